The van der Waals surface area contributed by atoms with Crippen LogP contribution in [0.2, 0.25) is 0 Å². The van der Waals surface area contributed by atoms with E-state index >= 15 is 0 Å². The van der Waals surface area contributed by atoms with E-state index in [9.17, 15) is 5.26 Å². The number of rotatable bonds is 7. The lowest BCUT2D eigenvalue weighted by molar-refractivity contribution is 0.411. The Kier molecular flexibility index (Phi) is 5.23. The van der Waals surface area contributed by atoms with Gasteiger partial charge in [-0.1, -0.05) is 11.8 Å². The molecule has 21 heavy (non-hydrogen) atoms. The van der Waals surface area contributed by atoms with E-state index in [-0.39, 0.29) is 5.54 Å². The third-order valence-electron chi connectivity index (χ3n) is 4.01. The Hall–Kier alpha value is -1.12. The van der Waals surface area contributed by atoms with Gasteiger partial charge in [0, 0.05) is 23.2 Å². The van der Waals surface area contributed by atoms with E-state index in [2.05, 4.69) is 28.3 Å². The first-order chi connectivity index (χ1) is 9.93. The summed E-state index contributed by atoms with van der Waals surface area (Å²) in [7, 11) is 0. The summed E-state index contributed by atoms with van der Waals surface area (Å²) >= 11 is 1.68. The van der Waals surface area contributed by atoms with Crippen LogP contribution < -0.4 is 5.32 Å². The van der Waals surface area contributed by atoms with Crippen molar-refractivity contribution in [2.24, 2.45) is 0 Å². The van der Waals surface area contributed by atoms with E-state index in [4.69, 9.17) is 0 Å². The Balaban J connectivity index is 1.80. The molecule has 2 rings (SSSR count). The van der Waals surface area contributed by atoms with Crippen molar-refractivity contribution in [2.45, 2.75) is 70.1 Å². The second-order valence-corrected chi connectivity index (χ2v) is 7.18. The Morgan fingerprint density at radius 3 is 2.43 bits per heavy atom. The van der Waals surface area contributed by atoms with E-state index in [0.717, 1.165) is 35.1 Å². The molecule has 0 aliphatic heterocycles. The molecule has 0 bridgehead atoms. The molecule has 1 aliphatic rings. The van der Waals surface area contributed by atoms with Gasteiger partial charge in [0.25, 0.3) is 0 Å². The van der Waals surface area contributed by atoms with Crippen molar-refractivity contribution in [3.05, 3.63) is 17.0 Å². The molecule has 1 aliphatic carbocycles. The minimum atomic E-state index is -0.387. The van der Waals surface area contributed by atoms with Crippen molar-refractivity contribution in [3.8, 4) is 6.07 Å². The van der Waals surface area contributed by atoms with Crippen LogP contribution >= 0.6 is 11.8 Å². The lowest BCUT2D eigenvalue weighted by Crippen LogP contribution is -2.42. The van der Waals surface area contributed by atoms with Gasteiger partial charge in [-0.3, -0.25) is 5.32 Å². The highest BCUT2D eigenvalue weighted by Crippen LogP contribution is 2.25. The third-order valence-corrected chi connectivity index (χ3v) is 4.94. The molecule has 1 unspecified atom stereocenters. The van der Waals surface area contributed by atoms with Crippen LogP contribution in [-0.2, 0) is 0 Å². The number of nitriles is 1. The van der Waals surface area contributed by atoms with E-state index in [0.29, 0.717) is 6.04 Å². The molecule has 0 saturated heterocycles. The summed E-state index contributed by atoms with van der Waals surface area (Å²) in [6.45, 7) is 8.12. The summed E-state index contributed by atoms with van der Waals surface area (Å²) in [4.78, 5) is 9.03. The monoisotopic (exact) mass is 304 g/mol. The van der Waals surface area contributed by atoms with Crippen molar-refractivity contribution in [2.75, 3.05) is 5.75 Å². The van der Waals surface area contributed by atoms with Gasteiger partial charge in [-0.2, -0.15) is 5.26 Å². The van der Waals surface area contributed by atoms with Gasteiger partial charge in [0.05, 0.1) is 6.07 Å². The Morgan fingerprint density at radius 1 is 1.29 bits per heavy atom. The molecule has 1 heterocycles. The fraction of sp³-hybridized carbons (Fsp3) is 0.688. The molecule has 1 aromatic rings. The number of hydrogen-bond acceptors (Lipinski definition) is 5. The zero-order valence-corrected chi connectivity index (χ0v) is 14.2. The molecule has 1 saturated carbocycles. The van der Waals surface area contributed by atoms with Crippen LogP contribution in [-0.4, -0.2) is 27.3 Å². The molecule has 1 N–H and O–H groups in total. The quantitative estimate of drug-likeness (QED) is 0.476. The minimum Gasteiger partial charge on any atom is -0.297 e. The number of aryl methyl sites for hydroxylation is 2. The molecule has 1 aromatic heterocycles. The van der Waals surface area contributed by atoms with Crippen molar-refractivity contribution in [3.63, 3.8) is 0 Å². The van der Waals surface area contributed by atoms with Gasteiger partial charge in [0.1, 0.15) is 5.54 Å². The first-order valence-corrected chi connectivity index (χ1v) is 8.56. The summed E-state index contributed by atoms with van der Waals surface area (Å²) < 4.78 is 0. The predicted octanol–water partition coefficient (Wildman–Crippen LogP) is 3.31. The number of nitrogens with one attached hydrogen (secondary N) is 1. The fourth-order valence-corrected chi connectivity index (χ4v) is 3.11. The molecule has 114 valence electrons. The largest absolute Gasteiger partial charge is 0.297 e. The highest BCUT2D eigenvalue weighted by molar-refractivity contribution is 7.99. The van der Waals surface area contributed by atoms with Crippen LogP contribution in [0.3, 0.4) is 0 Å². The van der Waals surface area contributed by atoms with Gasteiger partial charge in [0.15, 0.2) is 5.16 Å². The molecular formula is C16H24N4S. The summed E-state index contributed by atoms with van der Waals surface area (Å²) in [5, 5.41) is 13.6. The highest BCUT2D eigenvalue weighted by atomic mass is 32.2. The van der Waals surface area contributed by atoms with E-state index in [1.807, 2.05) is 20.8 Å². The molecule has 0 amide bonds. The van der Waals surface area contributed by atoms with Crippen LogP contribution in [0.1, 0.15) is 49.6 Å². The topological polar surface area (TPSA) is 61.6 Å². The van der Waals surface area contributed by atoms with Crippen LogP contribution in [0, 0.1) is 32.1 Å². The average Bonchev–Trinajstić information content (AvgIpc) is 3.24. The molecular weight excluding hydrogens is 280 g/mol. The van der Waals surface area contributed by atoms with Gasteiger partial charge < -0.3 is 0 Å². The fourth-order valence-electron chi connectivity index (χ4n) is 2.23. The lowest BCUT2D eigenvalue weighted by Gasteiger charge is -2.23. The van der Waals surface area contributed by atoms with Crippen molar-refractivity contribution >= 4 is 11.8 Å². The van der Waals surface area contributed by atoms with E-state index < -0.39 is 0 Å². The molecule has 0 radical (unpaired) electrons. The molecule has 1 fully saturated rings. The van der Waals surface area contributed by atoms with Gasteiger partial charge in [-0.05, 0) is 58.9 Å². The lowest BCUT2D eigenvalue weighted by atomic mass is 9.98. The molecule has 1 atom stereocenters. The van der Waals surface area contributed by atoms with Crippen LogP contribution in [0.15, 0.2) is 5.16 Å². The maximum atomic E-state index is 9.34. The summed E-state index contributed by atoms with van der Waals surface area (Å²) in [6.07, 6.45) is 4.28. The zero-order chi connectivity index (χ0) is 15.5. The van der Waals surface area contributed by atoms with Gasteiger partial charge in [0.2, 0.25) is 0 Å². The second-order valence-electron chi connectivity index (χ2n) is 6.12. The van der Waals surface area contributed by atoms with E-state index in [1.54, 1.807) is 11.8 Å². The summed E-state index contributed by atoms with van der Waals surface area (Å²) in [5.41, 5.74) is 2.90. The molecule has 5 heteroatoms. The minimum absolute atomic E-state index is 0.387. The number of nitrogens with zero attached hydrogens (tertiary/aromatic N) is 3. The Bertz CT molecular complexity index is 525. The molecule has 4 nitrogen and oxygen atoms in total. The normalized spacial score (nSPS) is 17.3. The molecule has 0 aromatic carbocycles. The van der Waals surface area contributed by atoms with Crippen molar-refractivity contribution in [1.29, 1.82) is 5.26 Å². The highest BCUT2D eigenvalue weighted by Gasteiger charge is 2.31. The number of thioether (sulfide) groups is 1. The van der Waals surface area contributed by atoms with Gasteiger partial charge in [-0.15, -0.1) is 0 Å². The van der Waals surface area contributed by atoms with Gasteiger partial charge >= 0.3 is 0 Å². The molecule has 0 spiro atoms. The van der Waals surface area contributed by atoms with Crippen LogP contribution in [0.5, 0.6) is 0 Å². The Morgan fingerprint density at radius 2 is 1.90 bits per heavy atom. The first kappa shape index (κ1) is 16.3. The van der Waals surface area contributed by atoms with E-state index in [1.165, 1.54) is 18.4 Å². The van der Waals surface area contributed by atoms with Gasteiger partial charge in [-0.25, -0.2) is 9.97 Å². The van der Waals surface area contributed by atoms with Crippen LogP contribution in [0.25, 0.3) is 0 Å². The SMILES string of the molecule is Cc1nc(SCCCC(C)(C#N)NC2CC2)nc(C)c1C. The smallest absolute Gasteiger partial charge is 0.187 e. The maximum Gasteiger partial charge on any atom is 0.187 e. The van der Waals surface area contributed by atoms with Crippen molar-refractivity contribution < 1.29 is 0 Å². The number of aromatic nitrogens is 2. The number of hydrogen-bond donors (Lipinski definition) is 1. The average molecular weight is 304 g/mol. The third kappa shape index (κ3) is 4.69. The zero-order valence-electron chi connectivity index (χ0n) is 13.4. The summed E-state index contributed by atoms with van der Waals surface area (Å²) in [5.74, 6) is 0.950. The predicted molar refractivity (Wildman–Crippen MR) is 86.4 cm³/mol. The second kappa shape index (κ2) is 6.76. The summed E-state index contributed by atoms with van der Waals surface area (Å²) in [6, 6.07) is 2.99. The van der Waals surface area contributed by atoms with Crippen molar-refractivity contribution in [1.82, 2.24) is 15.3 Å². The van der Waals surface area contributed by atoms with Crippen LogP contribution in [0.4, 0.5) is 0 Å². The Labute approximate surface area is 131 Å². The maximum absolute atomic E-state index is 9.34. The first-order valence-electron chi connectivity index (χ1n) is 7.57. The standard InChI is InChI=1S/C16H24N4S/c1-11-12(2)18-15(19-13(11)3)21-9-5-8-16(4,10-17)20-14-6-7-14/h14,20H,5-9H2,1-4H3.